The molecule has 26 heavy (non-hydrogen) atoms. The minimum atomic E-state index is -3.30. The van der Waals surface area contributed by atoms with Crippen molar-refractivity contribution in [2.75, 3.05) is 18.9 Å². The lowest BCUT2D eigenvalue weighted by Gasteiger charge is -2.08. The van der Waals surface area contributed by atoms with E-state index in [2.05, 4.69) is 5.32 Å². The van der Waals surface area contributed by atoms with Gasteiger partial charge in [-0.3, -0.25) is 9.59 Å². The van der Waals surface area contributed by atoms with Gasteiger partial charge in [-0.1, -0.05) is 30.3 Å². The van der Waals surface area contributed by atoms with Crippen LogP contribution in [0, 0.1) is 0 Å². The molecule has 0 aliphatic carbocycles. The van der Waals surface area contributed by atoms with Gasteiger partial charge in [-0.25, -0.2) is 8.42 Å². The Hall–Kier alpha value is -2.67. The van der Waals surface area contributed by atoms with Crippen LogP contribution in [0.2, 0.25) is 0 Å². The Bertz CT molecular complexity index is 845. The van der Waals surface area contributed by atoms with E-state index < -0.39 is 15.7 Å². The predicted octanol–water partition coefficient (Wildman–Crippen LogP) is 2.00. The molecule has 2 aromatic carbocycles. The SMILES string of the molecule is CC(=O)c1ccc(OCC(=O)NCCS(=O)(=O)Cc2ccccc2)cc1. The first kappa shape index (κ1) is 19.7. The minimum absolute atomic E-state index is 0.0284. The van der Waals surface area contributed by atoms with Crippen molar-refractivity contribution in [1.82, 2.24) is 5.32 Å². The average Bonchev–Trinajstić information content (AvgIpc) is 2.60. The summed E-state index contributed by atoms with van der Waals surface area (Å²) in [4.78, 5) is 22.9. The van der Waals surface area contributed by atoms with Gasteiger partial charge in [-0.15, -0.1) is 0 Å². The van der Waals surface area contributed by atoms with Crippen molar-refractivity contribution in [3.8, 4) is 5.75 Å². The number of Topliss-reactive ketones (excluding diaryl/α,β-unsaturated/α-hetero) is 1. The minimum Gasteiger partial charge on any atom is -0.484 e. The molecule has 6 nitrogen and oxygen atoms in total. The van der Waals surface area contributed by atoms with Crippen molar-refractivity contribution in [3.05, 3.63) is 65.7 Å². The normalized spacial score (nSPS) is 11.0. The van der Waals surface area contributed by atoms with Crippen LogP contribution in [0.25, 0.3) is 0 Å². The van der Waals surface area contributed by atoms with Crippen LogP contribution in [0.3, 0.4) is 0 Å². The van der Waals surface area contributed by atoms with Crippen LogP contribution in [0.1, 0.15) is 22.8 Å². The fraction of sp³-hybridized carbons (Fsp3) is 0.263. The van der Waals surface area contributed by atoms with Gasteiger partial charge in [0, 0.05) is 12.1 Å². The summed E-state index contributed by atoms with van der Waals surface area (Å²) in [5, 5.41) is 2.53. The third-order valence-corrected chi connectivity index (χ3v) is 5.19. The van der Waals surface area contributed by atoms with Gasteiger partial charge in [0.2, 0.25) is 0 Å². The molecule has 0 bridgehead atoms. The molecule has 0 aliphatic rings. The van der Waals surface area contributed by atoms with Crippen molar-refractivity contribution >= 4 is 21.5 Å². The van der Waals surface area contributed by atoms with Crippen LogP contribution < -0.4 is 10.1 Å². The molecule has 1 amide bonds. The zero-order chi connectivity index (χ0) is 19.0. The highest BCUT2D eigenvalue weighted by molar-refractivity contribution is 7.90. The molecule has 138 valence electrons. The highest BCUT2D eigenvalue weighted by Crippen LogP contribution is 2.12. The van der Waals surface area contributed by atoms with E-state index in [-0.39, 0.29) is 30.4 Å². The third kappa shape index (κ3) is 6.68. The average molecular weight is 375 g/mol. The summed E-state index contributed by atoms with van der Waals surface area (Å²) < 4.78 is 29.4. The fourth-order valence-electron chi connectivity index (χ4n) is 2.23. The van der Waals surface area contributed by atoms with Gasteiger partial charge in [0.15, 0.2) is 22.2 Å². The van der Waals surface area contributed by atoms with Gasteiger partial charge >= 0.3 is 0 Å². The van der Waals surface area contributed by atoms with Gasteiger partial charge in [0.05, 0.1) is 11.5 Å². The van der Waals surface area contributed by atoms with E-state index >= 15 is 0 Å². The zero-order valence-corrected chi connectivity index (χ0v) is 15.3. The number of hydrogen-bond acceptors (Lipinski definition) is 5. The lowest BCUT2D eigenvalue weighted by molar-refractivity contribution is -0.122. The molecule has 0 unspecified atom stereocenters. The van der Waals surface area contributed by atoms with Gasteiger partial charge in [0.25, 0.3) is 5.91 Å². The largest absolute Gasteiger partial charge is 0.484 e. The highest BCUT2D eigenvalue weighted by atomic mass is 32.2. The van der Waals surface area contributed by atoms with Crippen LogP contribution in [-0.2, 0) is 20.4 Å². The Kier molecular flexibility index (Phi) is 6.91. The number of carbonyl (C=O) groups is 2. The number of carbonyl (C=O) groups excluding carboxylic acids is 2. The third-order valence-electron chi connectivity index (χ3n) is 3.60. The molecule has 7 heteroatoms. The number of rotatable bonds is 9. The molecule has 0 spiro atoms. The van der Waals surface area contributed by atoms with E-state index in [4.69, 9.17) is 4.74 Å². The van der Waals surface area contributed by atoms with Crippen LogP contribution in [0.5, 0.6) is 5.75 Å². The molecule has 2 aromatic rings. The number of benzene rings is 2. The van der Waals surface area contributed by atoms with Gasteiger partial charge in [-0.2, -0.15) is 0 Å². The van der Waals surface area contributed by atoms with Crippen molar-refractivity contribution < 1.29 is 22.7 Å². The van der Waals surface area contributed by atoms with Crippen molar-refractivity contribution in [2.24, 2.45) is 0 Å². The first-order chi connectivity index (χ1) is 12.4. The fourth-order valence-corrected chi connectivity index (χ4v) is 3.49. The number of sulfone groups is 1. The van der Waals surface area contributed by atoms with E-state index in [0.717, 1.165) is 5.56 Å². The maximum atomic E-state index is 12.0. The number of ketones is 1. The molecule has 0 aliphatic heterocycles. The number of amides is 1. The first-order valence-electron chi connectivity index (χ1n) is 8.10. The topological polar surface area (TPSA) is 89.5 Å². The smallest absolute Gasteiger partial charge is 0.257 e. The Morgan fingerprint density at radius 1 is 1.00 bits per heavy atom. The van der Waals surface area contributed by atoms with Crippen molar-refractivity contribution in [3.63, 3.8) is 0 Å². The molecule has 2 rings (SSSR count). The summed E-state index contributed by atoms with van der Waals surface area (Å²) in [5.74, 6) is -0.188. The Morgan fingerprint density at radius 3 is 2.27 bits per heavy atom. The molecule has 0 fully saturated rings. The standard InChI is InChI=1S/C19H21NO5S/c1-15(21)17-7-9-18(10-8-17)25-13-19(22)20-11-12-26(23,24)14-16-5-3-2-4-6-16/h2-10H,11-14H2,1H3,(H,20,22). The van der Waals surface area contributed by atoms with E-state index in [1.165, 1.54) is 6.92 Å². The predicted molar refractivity (Wildman–Crippen MR) is 98.9 cm³/mol. The summed E-state index contributed by atoms with van der Waals surface area (Å²) in [6, 6.07) is 15.3. The summed E-state index contributed by atoms with van der Waals surface area (Å²) in [5.41, 5.74) is 1.28. The summed E-state index contributed by atoms with van der Waals surface area (Å²) in [6.45, 7) is 1.27. The van der Waals surface area contributed by atoms with Crippen molar-refractivity contribution in [1.29, 1.82) is 0 Å². The molecule has 0 aromatic heterocycles. The van der Waals surface area contributed by atoms with E-state index in [0.29, 0.717) is 11.3 Å². The summed E-state index contributed by atoms with van der Waals surface area (Å²) in [7, 11) is -3.30. The zero-order valence-electron chi connectivity index (χ0n) is 14.5. The molecule has 0 atom stereocenters. The number of nitrogens with one attached hydrogen (secondary N) is 1. The number of hydrogen-bond donors (Lipinski definition) is 1. The van der Waals surface area contributed by atoms with Crippen LogP contribution >= 0.6 is 0 Å². The Balaban J connectivity index is 1.72. The highest BCUT2D eigenvalue weighted by Gasteiger charge is 2.12. The van der Waals surface area contributed by atoms with Crippen molar-refractivity contribution in [2.45, 2.75) is 12.7 Å². The maximum absolute atomic E-state index is 12.0. The molecule has 0 heterocycles. The second kappa shape index (κ2) is 9.15. The quantitative estimate of drug-likeness (QED) is 0.677. The van der Waals surface area contributed by atoms with Gasteiger partial charge in [-0.05, 0) is 36.8 Å². The molecule has 0 saturated carbocycles. The lowest BCUT2D eigenvalue weighted by Crippen LogP contribution is -2.33. The summed E-state index contributed by atoms with van der Waals surface area (Å²) in [6.07, 6.45) is 0. The lowest BCUT2D eigenvalue weighted by atomic mass is 10.1. The second-order valence-electron chi connectivity index (χ2n) is 5.80. The van der Waals surface area contributed by atoms with Crippen LogP contribution in [0.15, 0.2) is 54.6 Å². The molecule has 0 radical (unpaired) electrons. The first-order valence-corrected chi connectivity index (χ1v) is 9.93. The monoisotopic (exact) mass is 375 g/mol. The molecular weight excluding hydrogens is 354 g/mol. The second-order valence-corrected chi connectivity index (χ2v) is 7.98. The van der Waals surface area contributed by atoms with Gasteiger partial charge in [0.1, 0.15) is 5.75 Å². The van der Waals surface area contributed by atoms with E-state index in [1.807, 2.05) is 6.07 Å². The summed E-state index contributed by atoms with van der Waals surface area (Å²) >= 11 is 0. The Morgan fingerprint density at radius 2 is 1.65 bits per heavy atom. The maximum Gasteiger partial charge on any atom is 0.257 e. The van der Waals surface area contributed by atoms with E-state index in [1.54, 1.807) is 48.5 Å². The molecular formula is C19H21NO5S. The molecule has 0 saturated heterocycles. The Labute approximate surface area is 153 Å². The number of ether oxygens (including phenoxy) is 1. The van der Waals surface area contributed by atoms with E-state index in [9.17, 15) is 18.0 Å². The van der Waals surface area contributed by atoms with Crippen LogP contribution in [-0.4, -0.2) is 39.0 Å². The molecule has 1 N–H and O–H groups in total. The van der Waals surface area contributed by atoms with Crippen LogP contribution in [0.4, 0.5) is 0 Å². The van der Waals surface area contributed by atoms with Gasteiger partial charge < -0.3 is 10.1 Å².